The molecule has 1 aliphatic heterocycles. The van der Waals surface area contributed by atoms with Crippen molar-refractivity contribution in [1.82, 2.24) is 10.9 Å². The molecule has 0 aliphatic carbocycles. The van der Waals surface area contributed by atoms with Crippen LogP contribution < -0.4 is 10.9 Å². The van der Waals surface area contributed by atoms with Gasteiger partial charge in [-0.1, -0.05) is 29.8 Å². The minimum absolute atomic E-state index is 0.665. The maximum absolute atomic E-state index is 9.45. The van der Waals surface area contributed by atoms with Crippen molar-refractivity contribution in [1.29, 1.82) is 21.0 Å². The molecule has 96 valence electrons. The Hall–Kier alpha value is -2.90. The molecule has 0 unspecified atom stereocenters. The molecule has 1 saturated heterocycles. The van der Waals surface area contributed by atoms with Crippen LogP contribution in [0.15, 0.2) is 24.3 Å². The maximum Gasteiger partial charge on any atom is 0.239 e. The van der Waals surface area contributed by atoms with Gasteiger partial charge in [0.2, 0.25) is 11.0 Å². The molecular formula is C14H10N6. The summed E-state index contributed by atoms with van der Waals surface area (Å²) in [4.78, 5) is 0. The summed E-state index contributed by atoms with van der Waals surface area (Å²) in [7, 11) is 0. The number of nitrogens with one attached hydrogen (secondary N) is 2. The van der Waals surface area contributed by atoms with E-state index in [0.717, 1.165) is 5.56 Å². The Bertz CT molecular complexity index is 664. The summed E-state index contributed by atoms with van der Waals surface area (Å²) in [5, 5.41) is 37.4. The monoisotopic (exact) mass is 262 g/mol. The van der Waals surface area contributed by atoms with Gasteiger partial charge < -0.3 is 0 Å². The highest BCUT2D eigenvalue weighted by Crippen LogP contribution is 2.45. The molecule has 6 nitrogen and oxygen atoms in total. The largest absolute Gasteiger partial charge is 0.245 e. The van der Waals surface area contributed by atoms with Crippen molar-refractivity contribution in [3.8, 4) is 24.3 Å². The van der Waals surface area contributed by atoms with Gasteiger partial charge in [-0.2, -0.15) is 21.0 Å². The van der Waals surface area contributed by atoms with Gasteiger partial charge in [-0.25, -0.2) is 10.9 Å². The normalized spacial score (nSPS) is 21.9. The first-order chi connectivity index (χ1) is 9.59. The fourth-order valence-corrected chi connectivity index (χ4v) is 2.28. The topological polar surface area (TPSA) is 119 Å². The van der Waals surface area contributed by atoms with Crippen LogP contribution in [0.3, 0.4) is 0 Å². The Morgan fingerprint density at radius 1 is 0.950 bits per heavy atom. The molecule has 0 bridgehead atoms. The number of nitrogens with zero attached hydrogens (tertiary/aromatic N) is 4. The number of benzene rings is 1. The molecule has 2 N–H and O–H groups in total. The highest BCUT2D eigenvalue weighted by Gasteiger charge is 2.64. The first kappa shape index (κ1) is 13.5. The molecule has 6 heteroatoms. The number of nitriles is 4. The van der Waals surface area contributed by atoms with E-state index < -0.39 is 17.0 Å². The Labute approximate surface area is 116 Å². The molecule has 20 heavy (non-hydrogen) atoms. The SMILES string of the molecule is Cc1ccc([C@H]2NNC(C#N)(C#N)C2(C#N)C#N)cc1. The number of hydrogen-bond acceptors (Lipinski definition) is 6. The van der Waals surface area contributed by atoms with Crippen LogP contribution in [0.25, 0.3) is 0 Å². The average molecular weight is 262 g/mol. The highest BCUT2D eigenvalue weighted by molar-refractivity contribution is 5.47. The van der Waals surface area contributed by atoms with E-state index in [0.29, 0.717) is 5.56 Å². The standard InChI is InChI=1S/C14H10N6/c1-10-2-4-11(5-3-10)12-13(6-15,7-16)14(8-17,9-18)20-19-12/h2-5,12,19-20H,1H3/t12-/m1/s1. The van der Waals surface area contributed by atoms with Gasteiger partial charge in [-0.3, -0.25) is 0 Å². The lowest BCUT2D eigenvalue weighted by Crippen LogP contribution is -2.50. The van der Waals surface area contributed by atoms with Crippen LogP contribution in [0.5, 0.6) is 0 Å². The second-order valence-corrected chi connectivity index (χ2v) is 4.62. The second kappa shape index (κ2) is 4.65. The Balaban J connectivity index is 2.61. The smallest absolute Gasteiger partial charge is 0.239 e. The van der Waals surface area contributed by atoms with Crippen LogP contribution in [0.2, 0.25) is 0 Å². The van der Waals surface area contributed by atoms with E-state index in [1.165, 1.54) is 0 Å². The predicted molar refractivity (Wildman–Crippen MR) is 67.8 cm³/mol. The maximum atomic E-state index is 9.45. The van der Waals surface area contributed by atoms with Gasteiger partial charge in [-0.15, -0.1) is 0 Å². The number of hydrazine groups is 1. The summed E-state index contributed by atoms with van der Waals surface area (Å²) in [5.41, 5.74) is 3.21. The molecule has 1 fully saturated rings. The zero-order chi connectivity index (χ0) is 14.8. The van der Waals surface area contributed by atoms with Crippen molar-refractivity contribution < 1.29 is 0 Å². The molecule has 0 amide bonds. The summed E-state index contributed by atoms with van der Waals surface area (Å²) in [6.07, 6.45) is 0. The zero-order valence-electron chi connectivity index (χ0n) is 10.7. The summed E-state index contributed by atoms with van der Waals surface area (Å²) in [6, 6.07) is 13.7. The van der Waals surface area contributed by atoms with Gasteiger partial charge in [0.1, 0.15) is 12.1 Å². The Morgan fingerprint density at radius 3 is 1.95 bits per heavy atom. The van der Waals surface area contributed by atoms with Crippen LogP contribution >= 0.6 is 0 Å². The molecule has 1 aliphatic rings. The molecule has 1 heterocycles. The van der Waals surface area contributed by atoms with E-state index in [1.54, 1.807) is 24.3 Å². The molecular weight excluding hydrogens is 252 g/mol. The first-order valence-electron chi connectivity index (χ1n) is 5.83. The van der Waals surface area contributed by atoms with Crippen molar-refractivity contribution in [2.45, 2.75) is 18.5 Å². The lowest BCUT2D eigenvalue weighted by Gasteiger charge is -2.26. The molecule has 0 saturated carbocycles. The highest BCUT2D eigenvalue weighted by atomic mass is 15.5. The minimum atomic E-state index is -1.91. The van der Waals surface area contributed by atoms with Crippen LogP contribution in [-0.4, -0.2) is 5.54 Å². The summed E-state index contributed by atoms with van der Waals surface area (Å²) in [6.45, 7) is 1.92. The number of aryl methyl sites for hydroxylation is 1. The lowest BCUT2D eigenvalue weighted by molar-refractivity contribution is 0.393. The van der Waals surface area contributed by atoms with Crippen LogP contribution in [-0.2, 0) is 0 Å². The van der Waals surface area contributed by atoms with Crippen LogP contribution in [0, 0.1) is 57.7 Å². The second-order valence-electron chi connectivity index (χ2n) is 4.62. The predicted octanol–water partition coefficient (Wildman–Crippen LogP) is 0.963. The third-order valence-electron chi connectivity index (χ3n) is 3.53. The Morgan fingerprint density at radius 2 is 1.50 bits per heavy atom. The fraction of sp³-hybridized carbons (Fsp3) is 0.286. The lowest BCUT2D eigenvalue weighted by atomic mass is 9.68. The third-order valence-corrected chi connectivity index (χ3v) is 3.53. The van der Waals surface area contributed by atoms with Crippen molar-refractivity contribution in [2.75, 3.05) is 0 Å². The molecule has 0 aromatic heterocycles. The van der Waals surface area contributed by atoms with Gasteiger partial charge in [0.25, 0.3) is 0 Å². The molecule has 1 aromatic carbocycles. The summed E-state index contributed by atoms with van der Waals surface area (Å²) < 4.78 is 0. The van der Waals surface area contributed by atoms with Gasteiger partial charge in [0, 0.05) is 0 Å². The van der Waals surface area contributed by atoms with Gasteiger partial charge >= 0.3 is 0 Å². The van der Waals surface area contributed by atoms with Gasteiger partial charge in [-0.05, 0) is 12.5 Å². The van der Waals surface area contributed by atoms with Crippen molar-refractivity contribution in [3.63, 3.8) is 0 Å². The summed E-state index contributed by atoms with van der Waals surface area (Å²) >= 11 is 0. The quantitative estimate of drug-likeness (QED) is 0.778. The van der Waals surface area contributed by atoms with Gasteiger partial charge in [0.05, 0.1) is 18.2 Å². The van der Waals surface area contributed by atoms with E-state index >= 15 is 0 Å². The van der Waals surface area contributed by atoms with Crippen LogP contribution in [0.4, 0.5) is 0 Å². The van der Waals surface area contributed by atoms with Crippen LogP contribution in [0.1, 0.15) is 17.2 Å². The van der Waals surface area contributed by atoms with E-state index in [2.05, 4.69) is 10.9 Å². The van der Waals surface area contributed by atoms with Crippen molar-refractivity contribution >= 4 is 0 Å². The van der Waals surface area contributed by atoms with E-state index in [-0.39, 0.29) is 0 Å². The molecule has 1 aromatic rings. The molecule has 0 radical (unpaired) electrons. The van der Waals surface area contributed by atoms with Gasteiger partial charge in [0.15, 0.2) is 0 Å². The van der Waals surface area contributed by atoms with Crippen molar-refractivity contribution in [2.24, 2.45) is 5.41 Å². The number of hydrogen-bond donors (Lipinski definition) is 2. The molecule has 0 spiro atoms. The molecule has 1 atom stereocenters. The fourth-order valence-electron chi connectivity index (χ4n) is 2.28. The number of rotatable bonds is 1. The van der Waals surface area contributed by atoms with E-state index in [1.807, 2.05) is 31.2 Å². The average Bonchev–Trinajstić information content (AvgIpc) is 2.83. The Kier molecular flexibility index (Phi) is 3.15. The molecule has 2 rings (SSSR count). The minimum Gasteiger partial charge on any atom is -0.245 e. The van der Waals surface area contributed by atoms with E-state index in [4.69, 9.17) is 0 Å². The first-order valence-corrected chi connectivity index (χ1v) is 5.83. The summed E-state index contributed by atoms with van der Waals surface area (Å²) in [5.74, 6) is 0. The van der Waals surface area contributed by atoms with E-state index in [9.17, 15) is 21.0 Å². The van der Waals surface area contributed by atoms with Crippen molar-refractivity contribution in [3.05, 3.63) is 35.4 Å². The third kappa shape index (κ3) is 1.54. The zero-order valence-corrected chi connectivity index (χ0v) is 10.7.